The fourth-order valence-corrected chi connectivity index (χ4v) is 2.02. The second-order valence-electron chi connectivity index (χ2n) is 5.13. The minimum absolute atomic E-state index is 0.231. The molecule has 23 heavy (non-hydrogen) atoms. The molecule has 0 saturated carbocycles. The van der Waals surface area contributed by atoms with E-state index in [4.69, 9.17) is 4.74 Å². The highest BCUT2D eigenvalue weighted by Crippen LogP contribution is 2.10. The maximum absolute atomic E-state index is 12.1. The van der Waals surface area contributed by atoms with Crippen molar-refractivity contribution >= 4 is 11.8 Å². The van der Waals surface area contributed by atoms with E-state index in [0.29, 0.717) is 12.1 Å². The Morgan fingerprint density at radius 3 is 2.30 bits per heavy atom. The molecule has 5 heteroatoms. The zero-order valence-corrected chi connectivity index (χ0v) is 13.2. The van der Waals surface area contributed by atoms with Gasteiger partial charge in [0.15, 0.2) is 0 Å². The van der Waals surface area contributed by atoms with E-state index in [1.807, 2.05) is 30.3 Å². The van der Waals surface area contributed by atoms with Crippen molar-refractivity contribution in [2.45, 2.75) is 19.5 Å². The van der Waals surface area contributed by atoms with Crippen molar-refractivity contribution in [2.24, 2.45) is 0 Å². The molecule has 120 valence electrons. The number of hydrogen-bond donors (Lipinski definition) is 2. The number of hydrogen-bond acceptors (Lipinski definition) is 3. The Balaban J connectivity index is 1.83. The van der Waals surface area contributed by atoms with Crippen LogP contribution in [-0.2, 0) is 11.3 Å². The molecule has 0 heterocycles. The molecule has 0 aliphatic heterocycles. The maximum atomic E-state index is 12.1. The number of amides is 2. The molecule has 0 unspecified atom stereocenters. The van der Waals surface area contributed by atoms with Gasteiger partial charge in [0.2, 0.25) is 5.91 Å². The van der Waals surface area contributed by atoms with E-state index in [2.05, 4.69) is 10.6 Å². The average molecular weight is 312 g/mol. The van der Waals surface area contributed by atoms with Gasteiger partial charge in [0, 0.05) is 12.1 Å². The van der Waals surface area contributed by atoms with Gasteiger partial charge in [-0.1, -0.05) is 30.3 Å². The van der Waals surface area contributed by atoms with E-state index in [1.165, 1.54) is 0 Å². The second kappa shape index (κ2) is 7.98. The summed E-state index contributed by atoms with van der Waals surface area (Å²) in [6, 6.07) is 15.6. The van der Waals surface area contributed by atoms with E-state index >= 15 is 0 Å². The van der Waals surface area contributed by atoms with Crippen LogP contribution in [0.3, 0.4) is 0 Å². The van der Waals surface area contributed by atoms with Gasteiger partial charge in [-0.2, -0.15) is 0 Å². The van der Waals surface area contributed by atoms with E-state index in [-0.39, 0.29) is 11.8 Å². The highest BCUT2D eigenvalue weighted by Gasteiger charge is 2.16. The summed E-state index contributed by atoms with van der Waals surface area (Å²) in [5, 5.41) is 5.48. The first-order valence-corrected chi connectivity index (χ1v) is 7.36. The first-order chi connectivity index (χ1) is 11.1. The SMILES string of the molecule is COc1ccc(CNC(=O)[C@H](C)NC(=O)c2ccccc2)cc1. The summed E-state index contributed by atoms with van der Waals surface area (Å²) >= 11 is 0. The van der Waals surface area contributed by atoms with Crippen LogP contribution in [0.1, 0.15) is 22.8 Å². The topological polar surface area (TPSA) is 67.4 Å². The maximum Gasteiger partial charge on any atom is 0.251 e. The lowest BCUT2D eigenvalue weighted by Gasteiger charge is -2.14. The van der Waals surface area contributed by atoms with Gasteiger partial charge in [-0.25, -0.2) is 0 Å². The molecule has 2 rings (SSSR count). The van der Waals surface area contributed by atoms with Crippen molar-refractivity contribution in [3.63, 3.8) is 0 Å². The van der Waals surface area contributed by atoms with Gasteiger partial charge in [0.25, 0.3) is 5.91 Å². The van der Waals surface area contributed by atoms with Crippen LogP contribution in [0.2, 0.25) is 0 Å². The van der Waals surface area contributed by atoms with Gasteiger partial charge in [-0.15, -0.1) is 0 Å². The van der Waals surface area contributed by atoms with Crippen molar-refractivity contribution in [1.29, 1.82) is 0 Å². The summed E-state index contributed by atoms with van der Waals surface area (Å²) in [7, 11) is 1.61. The molecule has 2 N–H and O–H groups in total. The van der Waals surface area contributed by atoms with E-state index in [1.54, 1.807) is 38.3 Å². The third-order valence-electron chi connectivity index (χ3n) is 3.40. The Bertz CT molecular complexity index is 654. The second-order valence-corrected chi connectivity index (χ2v) is 5.13. The van der Waals surface area contributed by atoms with Gasteiger partial charge in [0.1, 0.15) is 11.8 Å². The smallest absolute Gasteiger partial charge is 0.251 e. The van der Waals surface area contributed by atoms with Gasteiger partial charge in [0.05, 0.1) is 7.11 Å². The molecule has 5 nitrogen and oxygen atoms in total. The Labute approximate surface area is 135 Å². The number of ether oxygens (including phenoxy) is 1. The normalized spacial score (nSPS) is 11.4. The number of carbonyl (C=O) groups excluding carboxylic acids is 2. The van der Waals surface area contributed by atoms with E-state index < -0.39 is 6.04 Å². The summed E-state index contributed by atoms with van der Waals surface area (Å²) in [6.07, 6.45) is 0. The Morgan fingerprint density at radius 1 is 1.04 bits per heavy atom. The summed E-state index contributed by atoms with van der Waals surface area (Å²) in [5.74, 6) is 0.270. The molecule has 0 fully saturated rings. The molecule has 0 aliphatic rings. The van der Waals surface area contributed by atoms with Gasteiger partial charge in [-0.05, 0) is 36.8 Å². The third kappa shape index (κ3) is 4.85. The highest BCUT2D eigenvalue weighted by molar-refractivity contribution is 5.97. The number of carbonyl (C=O) groups is 2. The number of benzene rings is 2. The Hall–Kier alpha value is -2.82. The molecular weight excluding hydrogens is 292 g/mol. The molecule has 0 bridgehead atoms. The summed E-state index contributed by atoms with van der Waals surface area (Å²) in [4.78, 5) is 24.1. The van der Waals surface area contributed by atoms with Crippen LogP contribution >= 0.6 is 0 Å². The zero-order chi connectivity index (χ0) is 16.7. The monoisotopic (exact) mass is 312 g/mol. The minimum atomic E-state index is -0.610. The van der Waals surface area contributed by atoms with E-state index in [0.717, 1.165) is 11.3 Å². The average Bonchev–Trinajstić information content (AvgIpc) is 2.60. The van der Waals surface area contributed by atoms with Crippen molar-refractivity contribution in [3.05, 3.63) is 65.7 Å². The largest absolute Gasteiger partial charge is 0.497 e. The first kappa shape index (κ1) is 16.5. The lowest BCUT2D eigenvalue weighted by molar-refractivity contribution is -0.122. The predicted molar refractivity (Wildman–Crippen MR) is 88.2 cm³/mol. The number of methoxy groups -OCH3 is 1. The van der Waals surface area contributed by atoms with Crippen LogP contribution in [0.5, 0.6) is 5.75 Å². The van der Waals surface area contributed by atoms with Gasteiger partial charge in [-0.3, -0.25) is 9.59 Å². The molecule has 0 saturated heterocycles. The van der Waals surface area contributed by atoms with Crippen molar-refractivity contribution in [1.82, 2.24) is 10.6 Å². The number of nitrogens with one attached hydrogen (secondary N) is 2. The fourth-order valence-electron chi connectivity index (χ4n) is 2.02. The molecular formula is C18H20N2O3. The van der Waals surface area contributed by atoms with Crippen LogP contribution in [0.4, 0.5) is 0 Å². The molecule has 0 spiro atoms. The highest BCUT2D eigenvalue weighted by atomic mass is 16.5. The Kier molecular flexibility index (Phi) is 5.74. The molecule has 2 amide bonds. The van der Waals surface area contributed by atoms with Crippen LogP contribution in [0, 0.1) is 0 Å². The lowest BCUT2D eigenvalue weighted by atomic mass is 10.2. The molecule has 2 aromatic carbocycles. The predicted octanol–water partition coefficient (Wildman–Crippen LogP) is 2.13. The number of rotatable bonds is 6. The van der Waals surface area contributed by atoms with Gasteiger partial charge >= 0.3 is 0 Å². The summed E-state index contributed by atoms with van der Waals surface area (Å²) < 4.78 is 5.08. The quantitative estimate of drug-likeness (QED) is 0.858. The van der Waals surface area contributed by atoms with Crippen LogP contribution in [0.25, 0.3) is 0 Å². The molecule has 0 aromatic heterocycles. The fraction of sp³-hybridized carbons (Fsp3) is 0.222. The lowest BCUT2D eigenvalue weighted by Crippen LogP contribution is -2.44. The molecule has 1 atom stereocenters. The van der Waals surface area contributed by atoms with Gasteiger partial charge < -0.3 is 15.4 Å². The third-order valence-corrected chi connectivity index (χ3v) is 3.40. The molecule has 2 aromatic rings. The summed E-state index contributed by atoms with van der Waals surface area (Å²) in [6.45, 7) is 2.05. The molecule has 0 aliphatic carbocycles. The van der Waals surface area contributed by atoms with E-state index in [9.17, 15) is 9.59 Å². The van der Waals surface area contributed by atoms with Crippen LogP contribution in [0.15, 0.2) is 54.6 Å². The standard InChI is InChI=1S/C18H20N2O3/c1-13(20-18(22)15-6-4-3-5-7-15)17(21)19-12-14-8-10-16(23-2)11-9-14/h3-11,13H,12H2,1-2H3,(H,19,21)(H,20,22)/t13-/m0/s1. The van der Waals surface area contributed by atoms with Crippen LogP contribution in [-0.4, -0.2) is 25.0 Å². The van der Waals surface area contributed by atoms with Crippen molar-refractivity contribution < 1.29 is 14.3 Å². The minimum Gasteiger partial charge on any atom is -0.497 e. The van der Waals surface area contributed by atoms with Crippen molar-refractivity contribution in [2.75, 3.05) is 7.11 Å². The summed E-state index contributed by atoms with van der Waals surface area (Å²) in [5.41, 5.74) is 1.49. The Morgan fingerprint density at radius 2 is 1.70 bits per heavy atom. The van der Waals surface area contributed by atoms with Crippen LogP contribution < -0.4 is 15.4 Å². The van der Waals surface area contributed by atoms with Crippen molar-refractivity contribution in [3.8, 4) is 5.75 Å². The first-order valence-electron chi connectivity index (χ1n) is 7.36. The molecule has 0 radical (unpaired) electrons. The zero-order valence-electron chi connectivity index (χ0n) is 13.2.